The molecule has 0 bridgehead atoms. The summed E-state index contributed by atoms with van der Waals surface area (Å²) in [5.41, 5.74) is 0. The molecule has 3 heteroatoms. The van der Waals surface area contributed by atoms with E-state index in [1.807, 2.05) is 0 Å². The molecule has 0 amide bonds. The highest BCUT2D eigenvalue weighted by Crippen LogP contribution is 2.28. The molecule has 0 N–H and O–H groups in total. The SMILES string of the molecule is CCCCCCCCC=CCCCCCCCCC(C)C1CCN(CCSS)CC1. The number of unbranched alkanes of at least 4 members (excludes halogenated alkanes) is 12. The van der Waals surface area contributed by atoms with E-state index in [1.54, 1.807) is 10.8 Å². The summed E-state index contributed by atoms with van der Waals surface area (Å²) in [5, 5.41) is 0. The van der Waals surface area contributed by atoms with Crippen molar-refractivity contribution in [3.63, 3.8) is 0 Å². The predicted molar refractivity (Wildman–Crippen MR) is 144 cm³/mol. The van der Waals surface area contributed by atoms with Crippen molar-refractivity contribution >= 4 is 22.5 Å². The lowest BCUT2D eigenvalue weighted by molar-refractivity contribution is 0.154. The van der Waals surface area contributed by atoms with Crippen molar-refractivity contribution in [2.75, 3.05) is 25.4 Å². The van der Waals surface area contributed by atoms with E-state index in [0.29, 0.717) is 0 Å². The normalized spacial score (nSPS) is 17.2. The van der Waals surface area contributed by atoms with E-state index in [4.69, 9.17) is 0 Å². The van der Waals surface area contributed by atoms with Crippen LogP contribution in [-0.2, 0) is 0 Å². The van der Waals surface area contributed by atoms with Gasteiger partial charge in [0.15, 0.2) is 0 Å². The van der Waals surface area contributed by atoms with Crippen LogP contribution in [-0.4, -0.2) is 30.3 Å². The average molecular weight is 456 g/mol. The second-order valence-electron chi connectivity index (χ2n) is 9.72. The molecular weight excluding hydrogens is 402 g/mol. The van der Waals surface area contributed by atoms with E-state index in [9.17, 15) is 0 Å². The zero-order chi connectivity index (χ0) is 21.7. The lowest BCUT2D eigenvalue weighted by Crippen LogP contribution is -2.36. The fraction of sp³-hybridized carbons (Fsp3) is 0.926. The minimum Gasteiger partial charge on any atom is -0.302 e. The summed E-state index contributed by atoms with van der Waals surface area (Å²) in [4.78, 5) is 2.64. The van der Waals surface area contributed by atoms with Gasteiger partial charge in [0.2, 0.25) is 0 Å². The molecule has 30 heavy (non-hydrogen) atoms. The Hall–Kier alpha value is 0.400. The van der Waals surface area contributed by atoms with Crippen molar-refractivity contribution < 1.29 is 0 Å². The Labute approximate surface area is 199 Å². The molecule has 0 radical (unpaired) electrons. The topological polar surface area (TPSA) is 3.24 Å². The minimum absolute atomic E-state index is 0.934. The van der Waals surface area contributed by atoms with Crippen molar-refractivity contribution in [3.8, 4) is 0 Å². The van der Waals surface area contributed by atoms with Crippen LogP contribution in [0.3, 0.4) is 0 Å². The van der Waals surface area contributed by atoms with Crippen LogP contribution in [0.4, 0.5) is 0 Å². The highest BCUT2D eigenvalue weighted by Gasteiger charge is 2.23. The maximum atomic E-state index is 4.26. The van der Waals surface area contributed by atoms with E-state index in [1.165, 1.54) is 135 Å². The summed E-state index contributed by atoms with van der Waals surface area (Å²) in [6.45, 7) is 8.67. The monoisotopic (exact) mass is 455 g/mol. The Balaban J connectivity index is 1.83. The van der Waals surface area contributed by atoms with Gasteiger partial charge in [-0.2, -0.15) is 0 Å². The molecule has 0 aliphatic carbocycles. The smallest absolute Gasteiger partial charge is 0.0162 e. The number of rotatable bonds is 20. The third-order valence-electron chi connectivity index (χ3n) is 7.11. The van der Waals surface area contributed by atoms with Gasteiger partial charge in [0.1, 0.15) is 0 Å². The minimum atomic E-state index is 0.934. The average Bonchev–Trinajstić information content (AvgIpc) is 2.77. The first-order chi connectivity index (χ1) is 14.8. The van der Waals surface area contributed by atoms with Crippen molar-refractivity contribution in [2.45, 2.75) is 123 Å². The number of hydrogen-bond donors (Lipinski definition) is 1. The molecule has 1 saturated heterocycles. The summed E-state index contributed by atoms with van der Waals surface area (Å²) >= 11 is 4.26. The molecule has 178 valence electrons. The molecule has 1 fully saturated rings. The fourth-order valence-electron chi connectivity index (χ4n) is 4.87. The Morgan fingerprint density at radius 1 is 0.833 bits per heavy atom. The molecule has 1 rings (SSSR count). The van der Waals surface area contributed by atoms with E-state index >= 15 is 0 Å². The molecule has 1 aliphatic heterocycles. The van der Waals surface area contributed by atoms with Crippen LogP contribution in [0.1, 0.15) is 123 Å². The van der Waals surface area contributed by atoms with Gasteiger partial charge in [-0.05, 0) is 63.5 Å². The molecule has 1 atom stereocenters. The first-order valence-corrected chi connectivity index (χ1v) is 15.5. The van der Waals surface area contributed by atoms with Crippen LogP contribution in [0.2, 0.25) is 0 Å². The molecule has 1 aliphatic rings. The third kappa shape index (κ3) is 16.1. The summed E-state index contributed by atoms with van der Waals surface area (Å²) in [7, 11) is 1.68. The maximum absolute atomic E-state index is 4.26. The summed E-state index contributed by atoms with van der Waals surface area (Å²) in [6.07, 6.45) is 28.9. The number of allylic oxidation sites excluding steroid dienone is 2. The molecule has 0 aromatic rings. The summed E-state index contributed by atoms with van der Waals surface area (Å²) in [5.74, 6) is 3.08. The van der Waals surface area contributed by atoms with Gasteiger partial charge >= 0.3 is 0 Å². The lowest BCUT2D eigenvalue weighted by Gasteiger charge is -2.34. The van der Waals surface area contributed by atoms with Crippen LogP contribution in [0.15, 0.2) is 12.2 Å². The maximum Gasteiger partial charge on any atom is 0.0162 e. The molecule has 1 nitrogen and oxygen atoms in total. The quantitative estimate of drug-likeness (QED) is 0.0842. The molecular formula is C27H53NS2. The fourth-order valence-corrected chi connectivity index (χ4v) is 5.45. The Bertz CT molecular complexity index is 377. The highest BCUT2D eigenvalue weighted by molar-refractivity contribution is 8.68. The van der Waals surface area contributed by atoms with Gasteiger partial charge in [-0.3, -0.25) is 0 Å². The van der Waals surface area contributed by atoms with Gasteiger partial charge in [0.05, 0.1) is 0 Å². The Kier molecular flexibility index (Phi) is 20.1. The van der Waals surface area contributed by atoms with Crippen LogP contribution in [0.5, 0.6) is 0 Å². The second kappa shape index (κ2) is 21.3. The molecule has 0 aromatic heterocycles. The van der Waals surface area contributed by atoms with E-state index in [2.05, 4.69) is 42.6 Å². The van der Waals surface area contributed by atoms with Crippen molar-refractivity contribution in [3.05, 3.63) is 12.2 Å². The van der Waals surface area contributed by atoms with Gasteiger partial charge in [-0.15, -0.1) is 11.7 Å². The van der Waals surface area contributed by atoms with Crippen LogP contribution >= 0.6 is 22.5 Å². The molecule has 1 unspecified atom stereocenters. The number of thiol groups is 1. The zero-order valence-electron chi connectivity index (χ0n) is 20.5. The van der Waals surface area contributed by atoms with Gasteiger partial charge in [0, 0.05) is 12.3 Å². The van der Waals surface area contributed by atoms with Crippen molar-refractivity contribution in [2.24, 2.45) is 11.8 Å². The lowest BCUT2D eigenvalue weighted by atomic mass is 9.82. The van der Waals surface area contributed by atoms with Crippen molar-refractivity contribution in [1.29, 1.82) is 0 Å². The van der Waals surface area contributed by atoms with Crippen LogP contribution < -0.4 is 0 Å². The largest absolute Gasteiger partial charge is 0.302 e. The second-order valence-corrected chi connectivity index (χ2v) is 11.2. The number of likely N-dealkylation sites (tertiary alicyclic amines) is 1. The van der Waals surface area contributed by atoms with Gasteiger partial charge in [-0.1, -0.05) is 107 Å². The zero-order valence-corrected chi connectivity index (χ0v) is 22.2. The van der Waals surface area contributed by atoms with Crippen molar-refractivity contribution in [1.82, 2.24) is 4.90 Å². The van der Waals surface area contributed by atoms with Crippen LogP contribution in [0.25, 0.3) is 0 Å². The van der Waals surface area contributed by atoms with E-state index < -0.39 is 0 Å². The highest BCUT2D eigenvalue weighted by atomic mass is 33.1. The van der Waals surface area contributed by atoms with E-state index in [0.717, 1.165) is 11.8 Å². The number of nitrogens with zero attached hydrogens (tertiary/aromatic N) is 1. The van der Waals surface area contributed by atoms with Crippen LogP contribution in [0, 0.1) is 11.8 Å². The first-order valence-electron chi connectivity index (χ1n) is 13.4. The number of hydrogen-bond acceptors (Lipinski definition) is 3. The molecule has 1 heterocycles. The molecule has 0 aromatic carbocycles. The standard InChI is InChI=1S/C27H53NS2/c1-3-4-5-6-7-8-9-10-11-12-13-14-15-16-17-18-19-26(2)27-20-22-28(23-21-27)24-25-30-29/h10-11,26-27,29H,3-9,12-25H2,1-2H3. The third-order valence-corrected chi connectivity index (χ3v) is 8.02. The summed E-state index contributed by atoms with van der Waals surface area (Å²) < 4.78 is 0. The molecule has 0 spiro atoms. The van der Waals surface area contributed by atoms with Gasteiger partial charge < -0.3 is 4.90 Å². The Morgan fingerprint density at radius 3 is 1.93 bits per heavy atom. The Morgan fingerprint density at radius 2 is 1.37 bits per heavy atom. The van der Waals surface area contributed by atoms with Gasteiger partial charge in [-0.25, -0.2) is 0 Å². The van der Waals surface area contributed by atoms with Gasteiger partial charge in [0.25, 0.3) is 0 Å². The van der Waals surface area contributed by atoms with E-state index in [-0.39, 0.29) is 0 Å². The molecule has 0 saturated carbocycles. The summed E-state index contributed by atoms with van der Waals surface area (Å²) in [6, 6.07) is 0. The first kappa shape index (κ1) is 28.4. The predicted octanol–water partition coefficient (Wildman–Crippen LogP) is 9.34. The number of piperidine rings is 1.